The third-order valence-electron chi connectivity index (χ3n) is 3.77. The van der Waals surface area contributed by atoms with Crippen molar-refractivity contribution >= 4 is 11.8 Å². The second kappa shape index (κ2) is 17.0. The quantitative estimate of drug-likeness (QED) is 0.287. The fourth-order valence-corrected chi connectivity index (χ4v) is 2.34. The first-order valence-electron chi connectivity index (χ1n) is 9.20. The minimum Gasteiger partial charge on any atom is -0.481 e. The van der Waals surface area contributed by atoms with Crippen molar-refractivity contribution in [3.8, 4) is 0 Å². The fourth-order valence-electron chi connectivity index (χ4n) is 2.34. The van der Waals surface area contributed by atoms with Crippen LogP contribution in [0.25, 0.3) is 0 Å². The van der Waals surface area contributed by atoms with E-state index in [4.69, 9.17) is 5.11 Å². The van der Waals surface area contributed by atoms with Crippen molar-refractivity contribution in [1.29, 1.82) is 0 Å². The van der Waals surface area contributed by atoms with Gasteiger partial charge >= 0.3 is 5.97 Å². The molecule has 3 nitrogen and oxygen atoms in total. The van der Waals surface area contributed by atoms with E-state index >= 15 is 0 Å². The Morgan fingerprint density at radius 1 is 0.739 bits per heavy atom. The van der Waals surface area contributed by atoms with Crippen LogP contribution in [0.1, 0.15) is 90.4 Å². The van der Waals surface area contributed by atoms with Crippen LogP contribution in [0, 0.1) is 0 Å². The molecule has 0 amide bonds. The molecule has 0 aromatic rings. The maximum atomic E-state index is 11.6. The molecule has 0 rings (SSSR count). The summed E-state index contributed by atoms with van der Waals surface area (Å²) in [5.41, 5.74) is 0. The maximum absolute atomic E-state index is 11.6. The van der Waals surface area contributed by atoms with E-state index in [0.717, 1.165) is 64.2 Å². The molecule has 132 valence electrons. The zero-order valence-electron chi connectivity index (χ0n) is 14.8. The average Bonchev–Trinajstić information content (AvgIpc) is 2.51. The molecule has 3 heteroatoms. The molecule has 0 aromatic heterocycles. The fraction of sp³-hybridized carbons (Fsp3) is 0.700. The number of carboxylic acid groups (broad SMARTS) is 1. The number of allylic oxidation sites excluding steroid dienone is 4. The van der Waals surface area contributed by atoms with E-state index in [9.17, 15) is 9.59 Å². The predicted octanol–water partition coefficient (Wildman–Crippen LogP) is 5.84. The van der Waals surface area contributed by atoms with Crippen molar-refractivity contribution < 1.29 is 14.7 Å². The highest BCUT2D eigenvalue weighted by Crippen LogP contribution is 2.07. The molecular formula is C20H34O3. The van der Waals surface area contributed by atoms with E-state index in [1.165, 1.54) is 6.42 Å². The number of carboxylic acids is 1. The smallest absolute Gasteiger partial charge is 0.303 e. The van der Waals surface area contributed by atoms with E-state index in [1.807, 2.05) is 0 Å². The van der Waals surface area contributed by atoms with Crippen LogP contribution in [-0.2, 0) is 9.59 Å². The molecule has 0 spiro atoms. The molecule has 0 aliphatic carbocycles. The Balaban J connectivity index is 3.35. The van der Waals surface area contributed by atoms with Gasteiger partial charge in [-0.25, -0.2) is 0 Å². The average molecular weight is 322 g/mol. The lowest BCUT2D eigenvalue weighted by Crippen LogP contribution is -1.96. The van der Waals surface area contributed by atoms with Gasteiger partial charge in [0.05, 0.1) is 0 Å². The number of ketones is 1. The third kappa shape index (κ3) is 18.6. The number of rotatable bonds is 16. The minimum absolute atomic E-state index is 0.293. The van der Waals surface area contributed by atoms with Crippen molar-refractivity contribution in [3.05, 3.63) is 24.3 Å². The Kier molecular flexibility index (Phi) is 16.0. The van der Waals surface area contributed by atoms with Crippen molar-refractivity contribution in [3.63, 3.8) is 0 Å². The summed E-state index contributed by atoms with van der Waals surface area (Å²) in [6, 6.07) is 0. The van der Waals surface area contributed by atoms with Crippen LogP contribution in [0.4, 0.5) is 0 Å². The normalized spacial score (nSPS) is 11.5. The molecule has 0 aromatic carbocycles. The summed E-state index contributed by atoms with van der Waals surface area (Å²) in [7, 11) is 0. The summed E-state index contributed by atoms with van der Waals surface area (Å²) in [5, 5.41) is 8.52. The number of hydrogen-bond acceptors (Lipinski definition) is 2. The first-order chi connectivity index (χ1) is 11.2. The lowest BCUT2D eigenvalue weighted by molar-refractivity contribution is -0.137. The lowest BCUT2D eigenvalue weighted by Gasteiger charge is -1.97. The predicted molar refractivity (Wildman–Crippen MR) is 96.6 cm³/mol. The maximum Gasteiger partial charge on any atom is 0.303 e. The summed E-state index contributed by atoms with van der Waals surface area (Å²) in [5.74, 6) is -0.305. The van der Waals surface area contributed by atoms with E-state index in [-0.39, 0.29) is 0 Å². The van der Waals surface area contributed by atoms with Crippen LogP contribution in [0.15, 0.2) is 24.3 Å². The van der Waals surface area contributed by atoms with Crippen LogP contribution in [0.3, 0.4) is 0 Å². The van der Waals surface area contributed by atoms with Crippen molar-refractivity contribution in [2.24, 2.45) is 0 Å². The molecule has 1 N–H and O–H groups in total. The Hall–Kier alpha value is -1.38. The number of carbonyl (C=O) groups excluding carboxylic acids is 1. The lowest BCUT2D eigenvalue weighted by atomic mass is 10.1. The van der Waals surface area contributed by atoms with E-state index in [1.54, 1.807) is 0 Å². The van der Waals surface area contributed by atoms with Gasteiger partial charge in [-0.1, -0.05) is 56.9 Å². The van der Waals surface area contributed by atoms with Crippen LogP contribution < -0.4 is 0 Å². The number of unbranched alkanes of at least 4 members (excludes halogenated alkanes) is 6. The highest BCUT2D eigenvalue weighted by atomic mass is 16.4. The highest BCUT2D eigenvalue weighted by Gasteiger charge is 1.99. The second-order valence-corrected chi connectivity index (χ2v) is 6.06. The van der Waals surface area contributed by atoms with Crippen LogP contribution in [-0.4, -0.2) is 16.9 Å². The molecule has 0 atom stereocenters. The molecule has 0 saturated carbocycles. The van der Waals surface area contributed by atoms with E-state index < -0.39 is 5.97 Å². The summed E-state index contributed by atoms with van der Waals surface area (Å²) >= 11 is 0. The Bertz CT molecular complexity index is 356. The van der Waals surface area contributed by atoms with Gasteiger partial charge in [-0.2, -0.15) is 0 Å². The van der Waals surface area contributed by atoms with Gasteiger partial charge in [-0.05, 0) is 38.5 Å². The van der Waals surface area contributed by atoms with Gasteiger partial charge in [0.2, 0.25) is 0 Å². The first-order valence-corrected chi connectivity index (χ1v) is 9.20. The third-order valence-corrected chi connectivity index (χ3v) is 3.77. The zero-order chi connectivity index (χ0) is 17.2. The van der Waals surface area contributed by atoms with E-state index in [0.29, 0.717) is 18.6 Å². The topological polar surface area (TPSA) is 54.4 Å². The summed E-state index contributed by atoms with van der Waals surface area (Å²) in [6.07, 6.45) is 20.6. The van der Waals surface area contributed by atoms with Gasteiger partial charge in [0.15, 0.2) is 0 Å². The zero-order valence-corrected chi connectivity index (χ0v) is 14.8. The van der Waals surface area contributed by atoms with Gasteiger partial charge in [-0.15, -0.1) is 0 Å². The molecule has 0 bridgehead atoms. The molecule has 23 heavy (non-hydrogen) atoms. The minimum atomic E-state index is -0.695. The van der Waals surface area contributed by atoms with Crippen LogP contribution in [0.5, 0.6) is 0 Å². The Labute approximate surface area is 141 Å². The molecule has 0 radical (unpaired) electrons. The molecule has 0 unspecified atom stereocenters. The van der Waals surface area contributed by atoms with Gasteiger partial charge in [0.25, 0.3) is 0 Å². The largest absolute Gasteiger partial charge is 0.481 e. The molecule has 0 aliphatic heterocycles. The molecule has 0 fully saturated rings. The Morgan fingerprint density at radius 3 is 2.09 bits per heavy atom. The van der Waals surface area contributed by atoms with Crippen molar-refractivity contribution in [2.45, 2.75) is 90.4 Å². The first kappa shape index (κ1) is 21.6. The second-order valence-electron chi connectivity index (χ2n) is 6.06. The van der Waals surface area contributed by atoms with Crippen LogP contribution in [0.2, 0.25) is 0 Å². The number of aliphatic carboxylic acids is 1. The van der Waals surface area contributed by atoms with Crippen molar-refractivity contribution in [2.75, 3.05) is 0 Å². The van der Waals surface area contributed by atoms with Gasteiger partial charge in [0.1, 0.15) is 5.78 Å². The highest BCUT2D eigenvalue weighted by molar-refractivity contribution is 5.78. The number of Topliss-reactive ketones (excluding diaryl/α,β-unsaturated/α-hetero) is 1. The summed E-state index contributed by atoms with van der Waals surface area (Å²) in [6.45, 7) is 2.15. The van der Waals surface area contributed by atoms with Gasteiger partial charge < -0.3 is 5.11 Å². The van der Waals surface area contributed by atoms with Gasteiger partial charge in [0, 0.05) is 19.3 Å². The molecular weight excluding hydrogens is 288 g/mol. The number of carbonyl (C=O) groups is 2. The molecule has 0 aliphatic rings. The monoisotopic (exact) mass is 322 g/mol. The molecule has 0 heterocycles. The van der Waals surface area contributed by atoms with Crippen molar-refractivity contribution in [1.82, 2.24) is 0 Å². The SMILES string of the molecule is CCCCCC(=O)CC/C=C\C/C=C\CCCCCCC(=O)O. The molecule has 0 saturated heterocycles. The number of hydrogen-bond donors (Lipinski definition) is 1. The Morgan fingerprint density at radius 2 is 1.39 bits per heavy atom. The van der Waals surface area contributed by atoms with E-state index in [2.05, 4.69) is 31.2 Å². The van der Waals surface area contributed by atoms with Crippen LogP contribution >= 0.6 is 0 Å². The standard InChI is InChI=1S/C20H34O3/c1-2-3-13-16-19(21)17-14-11-9-7-5-4-6-8-10-12-15-18-20(22)23/h4-5,9,11H,2-3,6-8,10,12-18H2,1H3,(H,22,23)/b5-4-,11-9-. The summed E-state index contributed by atoms with van der Waals surface area (Å²) < 4.78 is 0. The van der Waals surface area contributed by atoms with Gasteiger partial charge in [-0.3, -0.25) is 9.59 Å². The summed E-state index contributed by atoms with van der Waals surface area (Å²) in [4.78, 5) is 21.9.